The minimum atomic E-state index is 0.465. The first-order valence-corrected chi connectivity index (χ1v) is 8.22. The summed E-state index contributed by atoms with van der Waals surface area (Å²) in [4.78, 5) is 0. The van der Waals surface area contributed by atoms with Gasteiger partial charge in [-0.05, 0) is 54.5 Å². The summed E-state index contributed by atoms with van der Waals surface area (Å²) in [5.74, 6) is 0.745. The smallest absolute Gasteiger partial charge is 0.0365 e. The van der Waals surface area contributed by atoms with Crippen LogP contribution in [0, 0.1) is 11.3 Å². The van der Waals surface area contributed by atoms with E-state index in [4.69, 9.17) is 0 Å². The minimum absolute atomic E-state index is 0.465. The molecule has 100 valence electrons. The first-order chi connectivity index (χ1) is 8.45. The van der Waals surface area contributed by atoms with Crippen molar-refractivity contribution < 1.29 is 0 Å². The van der Waals surface area contributed by atoms with Crippen LogP contribution in [0.1, 0.15) is 45.2 Å². The van der Waals surface area contributed by atoms with Crippen molar-refractivity contribution in [3.63, 3.8) is 0 Å². The van der Waals surface area contributed by atoms with E-state index in [0.717, 1.165) is 16.9 Å². The summed E-state index contributed by atoms with van der Waals surface area (Å²) in [6.45, 7) is 8.03. The summed E-state index contributed by atoms with van der Waals surface area (Å²) in [5, 5.41) is 3.72. The standard InChI is InChI=1S/C15H21Br2N/c1-4-7-18-14(12-9-15(12,2)3)11-8-10(16)5-6-13(11)17/h5-6,8,12,14,18H,4,7,9H2,1-3H3. The van der Waals surface area contributed by atoms with Crippen LogP contribution in [0.5, 0.6) is 0 Å². The van der Waals surface area contributed by atoms with Gasteiger partial charge < -0.3 is 5.32 Å². The molecule has 0 bridgehead atoms. The molecule has 1 aromatic rings. The molecule has 0 heterocycles. The summed E-state index contributed by atoms with van der Waals surface area (Å²) in [7, 11) is 0. The van der Waals surface area contributed by atoms with Gasteiger partial charge in [-0.25, -0.2) is 0 Å². The maximum absolute atomic E-state index is 3.72. The van der Waals surface area contributed by atoms with Crippen LogP contribution in [0.15, 0.2) is 27.1 Å². The predicted molar refractivity (Wildman–Crippen MR) is 84.8 cm³/mol. The Hall–Kier alpha value is 0.140. The molecule has 0 saturated heterocycles. The largest absolute Gasteiger partial charge is 0.310 e. The van der Waals surface area contributed by atoms with Crippen LogP contribution in [0.3, 0.4) is 0 Å². The Balaban J connectivity index is 2.25. The van der Waals surface area contributed by atoms with Gasteiger partial charge in [0.2, 0.25) is 0 Å². The van der Waals surface area contributed by atoms with E-state index in [0.29, 0.717) is 11.5 Å². The van der Waals surface area contributed by atoms with E-state index in [2.05, 4.69) is 76.1 Å². The summed E-state index contributed by atoms with van der Waals surface area (Å²) < 4.78 is 2.37. The number of benzene rings is 1. The fourth-order valence-corrected chi connectivity index (χ4v) is 3.47. The van der Waals surface area contributed by atoms with Gasteiger partial charge >= 0.3 is 0 Å². The summed E-state index contributed by atoms with van der Waals surface area (Å²) >= 11 is 7.28. The van der Waals surface area contributed by atoms with Crippen LogP contribution in [0.2, 0.25) is 0 Å². The minimum Gasteiger partial charge on any atom is -0.310 e. The second-order valence-electron chi connectivity index (χ2n) is 5.90. The Morgan fingerprint density at radius 1 is 1.39 bits per heavy atom. The Kier molecular flexibility index (Phi) is 4.56. The fourth-order valence-electron chi connectivity index (χ4n) is 2.60. The van der Waals surface area contributed by atoms with E-state index in [1.54, 1.807) is 0 Å². The highest BCUT2D eigenvalue weighted by atomic mass is 79.9. The lowest BCUT2D eigenvalue weighted by molar-refractivity contribution is 0.414. The molecule has 1 nitrogen and oxygen atoms in total. The highest BCUT2D eigenvalue weighted by Gasteiger charge is 2.50. The van der Waals surface area contributed by atoms with Crippen LogP contribution in [0.25, 0.3) is 0 Å². The molecule has 2 rings (SSSR count). The predicted octanol–water partition coefficient (Wildman–Crippen LogP) is 5.30. The molecule has 1 saturated carbocycles. The molecule has 1 fully saturated rings. The maximum Gasteiger partial charge on any atom is 0.0365 e. The lowest BCUT2D eigenvalue weighted by atomic mass is 9.97. The van der Waals surface area contributed by atoms with Crippen LogP contribution in [-0.2, 0) is 0 Å². The van der Waals surface area contributed by atoms with Crippen molar-refractivity contribution in [3.05, 3.63) is 32.7 Å². The van der Waals surface area contributed by atoms with Gasteiger partial charge in [-0.3, -0.25) is 0 Å². The van der Waals surface area contributed by atoms with Crippen molar-refractivity contribution >= 4 is 31.9 Å². The van der Waals surface area contributed by atoms with Gasteiger partial charge in [0.15, 0.2) is 0 Å². The van der Waals surface area contributed by atoms with Crippen LogP contribution >= 0.6 is 31.9 Å². The van der Waals surface area contributed by atoms with E-state index in [1.165, 1.54) is 22.9 Å². The summed E-state index contributed by atoms with van der Waals surface area (Å²) in [6.07, 6.45) is 2.49. The fraction of sp³-hybridized carbons (Fsp3) is 0.600. The van der Waals surface area contributed by atoms with Crippen molar-refractivity contribution in [1.29, 1.82) is 0 Å². The third kappa shape index (κ3) is 3.17. The average molecular weight is 375 g/mol. The Bertz CT molecular complexity index is 429. The molecule has 18 heavy (non-hydrogen) atoms. The summed E-state index contributed by atoms with van der Waals surface area (Å²) in [6, 6.07) is 6.93. The zero-order chi connectivity index (χ0) is 13.3. The Labute approximate surface area is 127 Å². The van der Waals surface area contributed by atoms with Gasteiger partial charge in [0.1, 0.15) is 0 Å². The molecule has 0 aromatic heterocycles. The van der Waals surface area contributed by atoms with Crippen LogP contribution in [-0.4, -0.2) is 6.54 Å². The third-order valence-electron chi connectivity index (χ3n) is 3.90. The average Bonchev–Trinajstić information content (AvgIpc) is 2.93. The van der Waals surface area contributed by atoms with Crippen molar-refractivity contribution in [2.45, 2.75) is 39.7 Å². The van der Waals surface area contributed by atoms with E-state index in [-0.39, 0.29) is 0 Å². The zero-order valence-electron chi connectivity index (χ0n) is 11.3. The number of hydrogen-bond donors (Lipinski definition) is 1. The van der Waals surface area contributed by atoms with Gasteiger partial charge in [-0.15, -0.1) is 0 Å². The van der Waals surface area contributed by atoms with E-state index in [1.807, 2.05) is 0 Å². The molecule has 1 aromatic carbocycles. The van der Waals surface area contributed by atoms with Gasteiger partial charge in [0.25, 0.3) is 0 Å². The van der Waals surface area contributed by atoms with Gasteiger partial charge in [0, 0.05) is 15.0 Å². The Morgan fingerprint density at radius 2 is 2.06 bits per heavy atom. The molecule has 1 aliphatic carbocycles. The maximum atomic E-state index is 3.72. The van der Waals surface area contributed by atoms with Crippen molar-refractivity contribution in [1.82, 2.24) is 5.32 Å². The lowest BCUT2D eigenvalue weighted by Gasteiger charge is -2.22. The molecule has 2 unspecified atom stereocenters. The van der Waals surface area contributed by atoms with E-state index in [9.17, 15) is 0 Å². The number of nitrogens with one attached hydrogen (secondary N) is 1. The second-order valence-corrected chi connectivity index (χ2v) is 7.67. The van der Waals surface area contributed by atoms with Crippen molar-refractivity contribution in [2.24, 2.45) is 11.3 Å². The zero-order valence-corrected chi connectivity index (χ0v) is 14.4. The molecule has 0 amide bonds. The van der Waals surface area contributed by atoms with Gasteiger partial charge in [0.05, 0.1) is 0 Å². The molecular formula is C15H21Br2N. The number of halogens is 2. The SMILES string of the molecule is CCCNC(c1cc(Br)ccc1Br)C1CC1(C)C. The molecule has 0 aliphatic heterocycles. The number of hydrogen-bond acceptors (Lipinski definition) is 1. The van der Waals surface area contributed by atoms with Crippen molar-refractivity contribution in [3.8, 4) is 0 Å². The van der Waals surface area contributed by atoms with Crippen molar-refractivity contribution in [2.75, 3.05) is 6.54 Å². The Morgan fingerprint density at radius 3 is 2.61 bits per heavy atom. The first kappa shape index (κ1) is 14.5. The lowest BCUT2D eigenvalue weighted by Crippen LogP contribution is -2.25. The van der Waals surface area contributed by atoms with Gasteiger partial charge in [-0.2, -0.15) is 0 Å². The summed E-state index contributed by atoms with van der Waals surface area (Å²) in [5.41, 5.74) is 1.86. The normalized spacial score (nSPS) is 22.8. The monoisotopic (exact) mass is 373 g/mol. The molecule has 0 spiro atoms. The van der Waals surface area contributed by atoms with Crippen LogP contribution in [0.4, 0.5) is 0 Å². The molecule has 3 heteroatoms. The quantitative estimate of drug-likeness (QED) is 0.737. The van der Waals surface area contributed by atoms with Gasteiger partial charge in [-0.1, -0.05) is 52.6 Å². The highest BCUT2D eigenvalue weighted by molar-refractivity contribution is 9.11. The molecular weight excluding hydrogens is 354 g/mol. The third-order valence-corrected chi connectivity index (χ3v) is 5.11. The molecule has 1 N–H and O–H groups in total. The van der Waals surface area contributed by atoms with E-state index < -0.39 is 0 Å². The molecule has 2 atom stereocenters. The first-order valence-electron chi connectivity index (χ1n) is 6.64. The van der Waals surface area contributed by atoms with Crippen LogP contribution < -0.4 is 5.32 Å². The molecule has 0 radical (unpaired) electrons. The van der Waals surface area contributed by atoms with E-state index >= 15 is 0 Å². The second kappa shape index (κ2) is 5.64. The molecule has 1 aliphatic rings. The highest BCUT2D eigenvalue weighted by Crippen LogP contribution is 2.58. The topological polar surface area (TPSA) is 12.0 Å². The number of rotatable bonds is 5.